The molecule has 0 spiro atoms. The Bertz CT molecular complexity index is 772. The Morgan fingerprint density at radius 2 is 1.96 bits per heavy atom. The van der Waals surface area contributed by atoms with Crippen LogP contribution in [0.25, 0.3) is 10.6 Å². The molecule has 1 aromatic heterocycles. The molecule has 1 unspecified atom stereocenters. The Labute approximate surface area is 158 Å². The fraction of sp³-hybridized carbons (Fsp3) is 0.500. The van der Waals surface area contributed by atoms with E-state index in [2.05, 4.69) is 4.98 Å². The van der Waals surface area contributed by atoms with Gasteiger partial charge in [0.15, 0.2) is 5.69 Å². The number of nitrogens with zero attached hydrogens (tertiary/aromatic N) is 1. The number of rotatable bonds is 6. The summed E-state index contributed by atoms with van der Waals surface area (Å²) < 4.78 is 11.0. The number of benzene rings is 1. The molecular weight excluding hydrogens is 350 g/mol. The van der Waals surface area contributed by atoms with Gasteiger partial charge in [0.25, 0.3) is 0 Å². The quantitative estimate of drug-likeness (QED) is 0.747. The van der Waals surface area contributed by atoms with Crippen molar-refractivity contribution in [2.75, 3.05) is 6.61 Å². The third-order valence-corrected chi connectivity index (χ3v) is 5.17. The monoisotopic (exact) mass is 375 g/mol. The van der Waals surface area contributed by atoms with E-state index in [1.807, 2.05) is 52.0 Å². The number of aliphatic hydroxyl groups excluding tert-OH is 1. The van der Waals surface area contributed by atoms with Crippen LogP contribution in [0.3, 0.4) is 0 Å². The maximum absolute atomic E-state index is 12.6. The van der Waals surface area contributed by atoms with E-state index in [-0.39, 0.29) is 11.6 Å². The zero-order chi connectivity index (χ0) is 18.9. The van der Waals surface area contributed by atoms with Crippen LogP contribution in [0.2, 0.25) is 0 Å². The second-order valence-electron chi connectivity index (χ2n) is 7.47. The molecule has 2 aromatic rings. The molecule has 26 heavy (non-hydrogen) atoms. The van der Waals surface area contributed by atoms with Crippen molar-refractivity contribution < 1.29 is 19.4 Å². The van der Waals surface area contributed by atoms with Gasteiger partial charge in [-0.15, -0.1) is 11.3 Å². The van der Waals surface area contributed by atoms with Crippen LogP contribution in [-0.2, 0) is 4.74 Å². The van der Waals surface area contributed by atoms with Crippen LogP contribution in [0.1, 0.15) is 62.0 Å². The molecule has 1 heterocycles. The summed E-state index contributed by atoms with van der Waals surface area (Å²) >= 11 is 1.36. The highest BCUT2D eigenvalue weighted by Gasteiger charge is 2.36. The van der Waals surface area contributed by atoms with E-state index < -0.39 is 17.7 Å². The molecule has 0 radical (unpaired) electrons. The molecule has 1 saturated carbocycles. The third kappa shape index (κ3) is 4.43. The van der Waals surface area contributed by atoms with Gasteiger partial charge < -0.3 is 14.6 Å². The van der Waals surface area contributed by atoms with Crippen molar-refractivity contribution in [2.45, 2.75) is 52.2 Å². The molecule has 0 bridgehead atoms. The lowest BCUT2D eigenvalue weighted by atomic mass is 10.1. The first-order chi connectivity index (χ1) is 12.3. The third-order valence-electron chi connectivity index (χ3n) is 4.00. The Hall–Kier alpha value is -1.92. The maximum Gasteiger partial charge on any atom is 0.358 e. The van der Waals surface area contributed by atoms with E-state index in [9.17, 15) is 9.90 Å². The fourth-order valence-corrected chi connectivity index (χ4v) is 3.75. The normalized spacial score (nSPS) is 15.6. The highest BCUT2D eigenvalue weighted by Crippen LogP contribution is 2.45. The van der Waals surface area contributed by atoms with Crippen molar-refractivity contribution in [3.05, 3.63) is 34.8 Å². The average molecular weight is 375 g/mol. The maximum atomic E-state index is 12.6. The van der Waals surface area contributed by atoms with Gasteiger partial charge in [0.1, 0.15) is 16.4 Å². The van der Waals surface area contributed by atoms with Gasteiger partial charge in [-0.05, 0) is 70.7 Å². The van der Waals surface area contributed by atoms with Gasteiger partial charge in [-0.3, -0.25) is 0 Å². The zero-order valence-electron chi connectivity index (χ0n) is 15.6. The van der Waals surface area contributed by atoms with Crippen LogP contribution in [0.5, 0.6) is 5.75 Å². The number of ether oxygens (including phenoxy) is 2. The number of carbonyl (C=O) groups is 1. The van der Waals surface area contributed by atoms with Crippen LogP contribution in [-0.4, -0.2) is 28.3 Å². The Kier molecular flexibility index (Phi) is 5.34. The summed E-state index contributed by atoms with van der Waals surface area (Å²) in [6, 6.07) is 7.58. The van der Waals surface area contributed by atoms with Crippen molar-refractivity contribution in [1.82, 2.24) is 4.98 Å². The lowest BCUT2D eigenvalue weighted by molar-refractivity contribution is 0.00578. The van der Waals surface area contributed by atoms with Gasteiger partial charge in [0.2, 0.25) is 0 Å². The number of carbonyl (C=O) groups excluding carboxylic acids is 1. The van der Waals surface area contributed by atoms with Crippen molar-refractivity contribution >= 4 is 17.3 Å². The number of hydrogen-bond donors (Lipinski definition) is 1. The van der Waals surface area contributed by atoms with Crippen LogP contribution in [0.4, 0.5) is 0 Å². The summed E-state index contributed by atoms with van der Waals surface area (Å²) in [4.78, 5) is 17.7. The number of aliphatic hydroxyl groups is 1. The summed E-state index contributed by atoms with van der Waals surface area (Å²) in [5, 5.41) is 11.3. The van der Waals surface area contributed by atoms with E-state index in [4.69, 9.17) is 9.47 Å². The SMILES string of the molecule is CCOc1ccc(-c2nc(C(=O)OC(C)(C)C)c(C(O)C3CC3)s2)cc1. The van der Waals surface area contributed by atoms with Crippen molar-refractivity contribution in [2.24, 2.45) is 5.92 Å². The molecule has 0 aliphatic heterocycles. The largest absolute Gasteiger partial charge is 0.494 e. The lowest BCUT2D eigenvalue weighted by Gasteiger charge is -2.19. The van der Waals surface area contributed by atoms with E-state index >= 15 is 0 Å². The Balaban J connectivity index is 1.93. The molecule has 1 aromatic carbocycles. The smallest absolute Gasteiger partial charge is 0.358 e. The molecule has 0 amide bonds. The Morgan fingerprint density at radius 1 is 1.31 bits per heavy atom. The molecular formula is C20H25NO4S. The van der Waals surface area contributed by atoms with E-state index in [1.165, 1.54) is 11.3 Å². The first kappa shape index (κ1) is 18.9. The second kappa shape index (κ2) is 7.37. The lowest BCUT2D eigenvalue weighted by Crippen LogP contribution is -2.25. The molecule has 1 fully saturated rings. The molecule has 0 saturated heterocycles. The van der Waals surface area contributed by atoms with Gasteiger partial charge in [-0.2, -0.15) is 0 Å². The fourth-order valence-electron chi connectivity index (χ4n) is 2.61. The molecule has 1 aliphatic rings. The second-order valence-corrected chi connectivity index (χ2v) is 8.50. The standard InChI is InChI=1S/C20H25NO4S/c1-5-24-14-10-8-13(9-11-14)18-21-15(19(23)25-20(2,3)4)17(26-18)16(22)12-6-7-12/h8-12,16,22H,5-7H2,1-4H3. The van der Waals surface area contributed by atoms with Gasteiger partial charge >= 0.3 is 5.97 Å². The van der Waals surface area contributed by atoms with Gasteiger partial charge in [0, 0.05) is 5.56 Å². The highest BCUT2D eigenvalue weighted by molar-refractivity contribution is 7.15. The van der Waals surface area contributed by atoms with Gasteiger partial charge in [-0.25, -0.2) is 9.78 Å². The number of hydrogen-bond acceptors (Lipinski definition) is 6. The van der Waals surface area contributed by atoms with Crippen molar-refractivity contribution in [3.8, 4) is 16.3 Å². The van der Waals surface area contributed by atoms with Crippen LogP contribution < -0.4 is 4.74 Å². The van der Waals surface area contributed by atoms with Gasteiger partial charge in [0.05, 0.1) is 17.6 Å². The van der Waals surface area contributed by atoms with Crippen LogP contribution in [0.15, 0.2) is 24.3 Å². The van der Waals surface area contributed by atoms with E-state index in [1.54, 1.807) is 0 Å². The van der Waals surface area contributed by atoms with Crippen molar-refractivity contribution in [3.63, 3.8) is 0 Å². The molecule has 3 rings (SSSR count). The predicted molar refractivity (Wildman–Crippen MR) is 102 cm³/mol. The first-order valence-electron chi connectivity index (χ1n) is 8.94. The van der Waals surface area contributed by atoms with Crippen LogP contribution >= 0.6 is 11.3 Å². The molecule has 1 aliphatic carbocycles. The average Bonchev–Trinajstić information content (AvgIpc) is 3.32. The van der Waals surface area contributed by atoms with Crippen LogP contribution in [0, 0.1) is 5.92 Å². The summed E-state index contributed by atoms with van der Waals surface area (Å²) in [5.41, 5.74) is 0.507. The van der Waals surface area contributed by atoms with Crippen molar-refractivity contribution in [1.29, 1.82) is 0 Å². The summed E-state index contributed by atoms with van der Waals surface area (Å²) in [6.45, 7) is 8.01. The molecule has 140 valence electrons. The summed E-state index contributed by atoms with van der Waals surface area (Å²) in [6.07, 6.45) is 1.29. The van der Waals surface area contributed by atoms with E-state index in [0.29, 0.717) is 16.5 Å². The summed E-state index contributed by atoms with van der Waals surface area (Å²) in [7, 11) is 0. The summed E-state index contributed by atoms with van der Waals surface area (Å²) in [5.74, 6) is 0.517. The number of aromatic nitrogens is 1. The predicted octanol–water partition coefficient (Wildman–Crippen LogP) is 4.61. The minimum atomic E-state index is -0.661. The molecule has 1 atom stereocenters. The molecule has 1 N–H and O–H groups in total. The Morgan fingerprint density at radius 3 is 2.50 bits per heavy atom. The minimum Gasteiger partial charge on any atom is -0.494 e. The van der Waals surface area contributed by atoms with Gasteiger partial charge in [-0.1, -0.05) is 0 Å². The number of thiazole rings is 1. The topological polar surface area (TPSA) is 68.7 Å². The molecule has 6 heteroatoms. The van der Waals surface area contributed by atoms with E-state index in [0.717, 1.165) is 24.2 Å². The highest BCUT2D eigenvalue weighted by atomic mass is 32.1. The zero-order valence-corrected chi connectivity index (χ0v) is 16.4. The number of esters is 1. The first-order valence-corrected chi connectivity index (χ1v) is 9.75. The molecule has 5 nitrogen and oxygen atoms in total. The minimum absolute atomic E-state index is 0.213.